The molecule has 0 aliphatic carbocycles. The molecule has 0 aliphatic rings. The lowest BCUT2D eigenvalue weighted by Crippen LogP contribution is -2.37. The van der Waals surface area contributed by atoms with Gasteiger partial charge in [-0.15, -0.1) is 0 Å². The molecule has 0 aliphatic heterocycles. The number of nitrogens with one attached hydrogen (secondary N) is 1. The van der Waals surface area contributed by atoms with Crippen LogP contribution in [0, 0.1) is 5.92 Å². The van der Waals surface area contributed by atoms with Gasteiger partial charge in [0, 0.05) is 18.5 Å². The number of rotatable bonds is 6. The molecule has 1 aromatic heterocycles. The van der Waals surface area contributed by atoms with E-state index in [9.17, 15) is 0 Å². The Balaban J connectivity index is 2.21. The van der Waals surface area contributed by atoms with Crippen molar-refractivity contribution in [2.45, 2.75) is 52.6 Å². The van der Waals surface area contributed by atoms with Gasteiger partial charge < -0.3 is 9.73 Å². The molecule has 0 aromatic carbocycles. The Kier molecular flexibility index (Phi) is 4.89. The molecule has 0 radical (unpaired) electrons. The van der Waals surface area contributed by atoms with E-state index < -0.39 is 0 Å². The molecule has 1 heterocycles. The highest BCUT2D eigenvalue weighted by Gasteiger charge is 2.10. The van der Waals surface area contributed by atoms with E-state index in [1.54, 1.807) is 6.26 Å². The molecule has 1 N–H and O–H groups in total. The van der Waals surface area contributed by atoms with Crippen LogP contribution in [0.2, 0.25) is 0 Å². The van der Waals surface area contributed by atoms with Crippen molar-refractivity contribution >= 4 is 0 Å². The van der Waals surface area contributed by atoms with Crippen molar-refractivity contribution in [2.24, 2.45) is 5.92 Å². The highest BCUT2D eigenvalue weighted by molar-refractivity contribution is 4.98. The van der Waals surface area contributed by atoms with Crippen LogP contribution in [0.1, 0.15) is 39.9 Å². The van der Waals surface area contributed by atoms with Crippen LogP contribution in [0.4, 0.5) is 0 Å². The molecule has 0 amide bonds. The average Bonchev–Trinajstić information content (AvgIpc) is 2.66. The smallest absolute Gasteiger partial charge is 0.103 e. The first-order valence-corrected chi connectivity index (χ1v) is 5.88. The Morgan fingerprint density at radius 2 is 2.00 bits per heavy atom. The average molecular weight is 209 g/mol. The number of hydrogen-bond donors (Lipinski definition) is 1. The summed E-state index contributed by atoms with van der Waals surface area (Å²) in [6, 6.07) is 5.12. The Bertz CT molecular complexity index is 254. The van der Waals surface area contributed by atoms with Crippen LogP contribution in [0.3, 0.4) is 0 Å². The Labute approximate surface area is 93.1 Å². The Morgan fingerprint density at radius 1 is 1.27 bits per heavy atom. The van der Waals surface area contributed by atoms with Crippen LogP contribution in [0.15, 0.2) is 22.8 Å². The molecule has 86 valence electrons. The maximum absolute atomic E-state index is 5.31. The quantitative estimate of drug-likeness (QED) is 0.778. The van der Waals surface area contributed by atoms with Crippen LogP contribution in [-0.4, -0.2) is 12.1 Å². The lowest BCUT2D eigenvalue weighted by atomic mass is 10.0. The third-order valence-electron chi connectivity index (χ3n) is 2.95. The van der Waals surface area contributed by atoms with Gasteiger partial charge in [0.1, 0.15) is 5.76 Å². The first-order chi connectivity index (χ1) is 7.09. The minimum atomic E-state index is 0.549. The summed E-state index contributed by atoms with van der Waals surface area (Å²) in [7, 11) is 0. The minimum Gasteiger partial charge on any atom is -0.469 e. The molecule has 2 atom stereocenters. The fourth-order valence-corrected chi connectivity index (χ4v) is 1.54. The van der Waals surface area contributed by atoms with Gasteiger partial charge in [0.25, 0.3) is 0 Å². The summed E-state index contributed by atoms with van der Waals surface area (Å²) in [6.45, 7) is 8.98. The zero-order valence-corrected chi connectivity index (χ0v) is 10.3. The van der Waals surface area contributed by atoms with Gasteiger partial charge in [-0.05, 0) is 38.3 Å². The molecule has 1 aromatic rings. The summed E-state index contributed by atoms with van der Waals surface area (Å²) >= 11 is 0. The van der Waals surface area contributed by atoms with Crippen molar-refractivity contribution in [1.29, 1.82) is 0 Å². The summed E-state index contributed by atoms with van der Waals surface area (Å²) in [5.74, 6) is 1.77. The number of aryl methyl sites for hydroxylation is 1. The van der Waals surface area contributed by atoms with Crippen molar-refractivity contribution < 1.29 is 4.42 Å². The number of hydrogen-bond acceptors (Lipinski definition) is 2. The molecular formula is C13H23NO. The predicted molar refractivity (Wildman–Crippen MR) is 63.9 cm³/mol. The molecule has 0 fully saturated rings. The normalized spacial score (nSPS) is 15.5. The van der Waals surface area contributed by atoms with Gasteiger partial charge in [0.05, 0.1) is 6.26 Å². The lowest BCUT2D eigenvalue weighted by Gasteiger charge is -2.22. The Hall–Kier alpha value is -0.760. The zero-order valence-electron chi connectivity index (χ0n) is 10.3. The molecule has 0 spiro atoms. The molecule has 0 saturated carbocycles. The minimum absolute atomic E-state index is 0.549. The second-order valence-corrected chi connectivity index (χ2v) is 4.72. The molecule has 0 saturated heterocycles. The molecule has 1 rings (SSSR count). The van der Waals surface area contributed by atoms with Crippen molar-refractivity contribution in [1.82, 2.24) is 5.32 Å². The van der Waals surface area contributed by atoms with Crippen molar-refractivity contribution in [3.8, 4) is 0 Å². The van der Waals surface area contributed by atoms with E-state index in [2.05, 4.69) is 33.0 Å². The van der Waals surface area contributed by atoms with Gasteiger partial charge in [-0.2, -0.15) is 0 Å². The first-order valence-electron chi connectivity index (χ1n) is 5.88. The third-order valence-corrected chi connectivity index (χ3v) is 2.95. The van der Waals surface area contributed by atoms with E-state index in [0.717, 1.165) is 18.6 Å². The summed E-state index contributed by atoms with van der Waals surface area (Å²) < 4.78 is 5.31. The van der Waals surface area contributed by atoms with Gasteiger partial charge >= 0.3 is 0 Å². The monoisotopic (exact) mass is 209 g/mol. The predicted octanol–water partition coefficient (Wildman–Crippen LogP) is 3.23. The van der Waals surface area contributed by atoms with Crippen LogP contribution in [-0.2, 0) is 6.42 Å². The molecule has 15 heavy (non-hydrogen) atoms. The zero-order chi connectivity index (χ0) is 11.3. The van der Waals surface area contributed by atoms with Crippen LogP contribution in [0.5, 0.6) is 0 Å². The maximum Gasteiger partial charge on any atom is 0.103 e. The summed E-state index contributed by atoms with van der Waals surface area (Å²) in [5.41, 5.74) is 0. The molecule has 2 nitrogen and oxygen atoms in total. The second kappa shape index (κ2) is 5.96. The lowest BCUT2D eigenvalue weighted by molar-refractivity contribution is 0.366. The molecule has 2 heteroatoms. The van der Waals surface area contributed by atoms with Gasteiger partial charge in [0.15, 0.2) is 0 Å². The van der Waals surface area contributed by atoms with Gasteiger partial charge in [-0.1, -0.05) is 13.8 Å². The highest BCUT2D eigenvalue weighted by Crippen LogP contribution is 2.08. The Morgan fingerprint density at radius 3 is 2.53 bits per heavy atom. The second-order valence-electron chi connectivity index (χ2n) is 4.72. The van der Waals surface area contributed by atoms with Crippen molar-refractivity contribution in [2.75, 3.05) is 0 Å². The standard InChI is InChI=1S/C13H23NO/c1-10(2)12(4)14-11(3)7-8-13-6-5-9-15-13/h5-6,9-12,14H,7-8H2,1-4H3. The van der Waals surface area contributed by atoms with E-state index in [4.69, 9.17) is 4.42 Å². The van der Waals surface area contributed by atoms with E-state index in [1.807, 2.05) is 12.1 Å². The number of furan rings is 1. The molecular weight excluding hydrogens is 186 g/mol. The summed E-state index contributed by atoms with van der Waals surface area (Å²) in [6.07, 6.45) is 3.89. The molecule has 2 unspecified atom stereocenters. The van der Waals surface area contributed by atoms with Gasteiger partial charge in [0.2, 0.25) is 0 Å². The van der Waals surface area contributed by atoms with Crippen molar-refractivity contribution in [3.05, 3.63) is 24.2 Å². The third kappa shape index (κ3) is 4.52. The molecule has 0 bridgehead atoms. The van der Waals surface area contributed by atoms with Crippen LogP contribution >= 0.6 is 0 Å². The summed E-state index contributed by atoms with van der Waals surface area (Å²) in [4.78, 5) is 0. The first kappa shape index (κ1) is 12.3. The highest BCUT2D eigenvalue weighted by atomic mass is 16.3. The fourth-order valence-electron chi connectivity index (χ4n) is 1.54. The largest absolute Gasteiger partial charge is 0.469 e. The van der Waals surface area contributed by atoms with Gasteiger partial charge in [-0.25, -0.2) is 0 Å². The fraction of sp³-hybridized carbons (Fsp3) is 0.692. The summed E-state index contributed by atoms with van der Waals surface area (Å²) in [5, 5.41) is 3.60. The van der Waals surface area contributed by atoms with E-state index in [-0.39, 0.29) is 0 Å². The SMILES string of the molecule is CC(CCc1ccco1)NC(C)C(C)C. The maximum atomic E-state index is 5.31. The van der Waals surface area contributed by atoms with E-state index in [1.165, 1.54) is 0 Å². The topological polar surface area (TPSA) is 25.2 Å². The van der Waals surface area contributed by atoms with Crippen molar-refractivity contribution in [3.63, 3.8) is 0 Å². The van der Waals surface area contributed by atoms with Crippen LogP contribution in [0.25, 0.3) is 0 Å². The van der Waals surface area contributed by atoms with Crippen LogP contribution < -0.4 is 5.32 Å². The van der Waals surface area contributed by atoms with E-state index >= 15 is 0 Å². The van der Waals surface area contributed by atoms with Gasteiger partial charge in [-0.3, -0.25) is 0 Å². The van der Waals surface area contributed by atoms with E-state index in [0.29, 0.717) is 18.0 Å².